The van der Waals surface area contributed by atoms with Crippen LogP contribution in [0.1, 0.15) is 412 Å². The minimum Gasteiger partial charge on any atom is -0.466 e. The number of aliphatic hydroxyl groups excluding tert-OH is 2. The monoisotopic (exact) mass is 1150 g/mol. The van der Waals surface area contributed by atoms with Crippen LogP contribution in [-0.4, -0.2) is 47.4 Å². The molecule has 0 aromatic heterocycles. The first-order chi connectivity index (χ1) is 40.5. The molecule has 0 aliphatic rings. The molecule has 0 aliphatic carbocycles. The number of esters is 1. The third-order valence-electron chi connectivity index (χ3n) is 17.4. The lowest BCUT2D eigenvalue weighted by Gasteiger charge is -2.20. The van der Waals surface area contributed by atoms with Gasteiger partial charge in [0, 0.05) is 12.8 Å². The molecule has 0 aromatic rings. The highest BCUT2D eigenvalue weighted by Gasteiger charge is 2.18. The molecule has 0 fully saturated rings. The summed E-state index contributed by atoms with van der Waals surface area (Å²) in [5.41, 5.74) is 0. The molecular formula is C76H145NO5. The zero-order valence-corrected chi connectivity index (χ0v) is 55.5. The second kappa shape index (κ2) is 71.6. The van der Waals surface area contributed by atoms with Crippen LogP contribution in [0, 0.1) is 0 Å². The van der Waals surface area contributed by atoms with E-state index in [1.165, 1.54) is 334 Å². The number of rotatable bonds is 70. The Kier molecular flexibility index (Phi) is 69.9. The van der Waals surface area contributed by atoms with Gasteiger partial charge >= 0.3 is 5.97 Å². The standard InChI is InChI=1S/C76H145NO5/c1-3-5-7-9-11-13-15-17-19-21-22-23-24-25-27-30-33-37-40-44-48-52-56-60-64-68-74(79)73(72-78)77-75(80)69-65-61-57-53-49-45-41-38-34-31-28-26-29-32-35-39-43-47-51-55-59-63-67-71-82-76(81)70-66-62-58-54-50-46-42-36-20-18-16-14-12-10-8-6-4-2/h18,20,31,34,64,68,73-74,78-79H,3-17,19,21-30,32-33,35-63,65-67,69-72H2,1-2H3,(H,77,80)/b20-18-,34-31-,68-64+. The Bertz CT molecular complexity index is 1330. The summed E-state index contributed by atoms with van der Waals surface area (Å²) in [5.74, 6) is -0.0616. The Labute approximate surface area is 513 Å². The maximum absolute atomic E-state index is 12.5. The van der Waals surface area contributed by atoms with Crippen LogP contribution in [0.2, 0.25) is 0 Å². The fourth-order valence-electron chi connectivity index (χ4n) is 11.7. The van der Waals surface area contributed by atoms with Gasteiger partial charge in [-0.2, -0.15) is 0 Å². The number of amides is 1. The lowest BCUT2D eigenvalue weighted by molar-refractivity contribution is -0.143. The van der Waals surface area contributed by atoms with E-state index < -0.39 is 12.1 Å². The van der Waals surface area contributed by atoms with Crippen LogP contribution < -0.4 is 5.32 Å². The molecule has 0 rings (SSSR count). The highest BCUT2D eigenvalue weighted by Crippen LogP contribution is 2.19. The number of ether oxygens (including phenoxy) is 1. The van der Waals surface area contributed by atoms with Crippen molar-refractivity contribution in [3.8, 4) is 0 Å². The van der Waals surface area contributed by atoms with Crippen LogP contribution in [-0.2, 0) is 14.3 Å². The second-order valence-electron chi connectivity index (χ2n) is 25.6. The van der Waals surface area contributed by atoms with Crippen molar-refractivity contribution in [2.75, 3.05) is 13.2 Å². The zero-order chi connectivity index (χ0) is 59.2. The average molecular weight is 1150 g/mol. The molecule has 0 saturated carbocycles. The molecule has 0 aliphatic heterocycles. The Hall–Kier alpha value is -1.92. The predicted octanol–water partition coefficient (Wildman–Crippen LogP) is 24.3. The Morgan fingerprint density at radius 3 is 0.866 bits per heavy atom. The van der Waals surface area contributed by atoms with Gasteiger partial charge in [-0.05, 0) is 83.5 Å². The topological polar surface area (TPSA) is 95.9 Å². The summed E-state index contributed by atoms with van der Waals surface area (Å²) in [7, 11) is 0. The molecule has 0 heterocycles. The lowest BCUT2D eigenvalue weighted by Crippen LogP contribution is -2.45. The van der Waals surface area contributed by atoms with E-state index in [-0.39, 0.29) is 18.5 Å². The number of aliphatic hydroxyl groups is 2. The van der Waals surface area contributed by atoms with Crippen molar-refractivity contribution in [1.82, 2.24) is 5.32 Å². The fraction of sp³-hybridized carbons (Fsp3) is 0.895. The number of nitrogens with one attached hydrogen (secondary N) is 1. The summed E-state index contributed by atoms with van der Waals surface area (Å²) in [4.78, 5) is 24.6. The Morgan fingerprint density at radius 2 is 0.573 bits per heavy atom. The third-order valence-corrected chi connectivity index (χ3v) is 17.4. The van der Waals surface area contributed by atoms with Gasteiger partial charge in [0.1, 0.15) is 0 Å². The van der Waals surface area contributed by atoms with E-state index in [1.807, 2.05) is 6.08 Å². The number of allylic oxidation sites excluding steroid dienone is 5. The maximum atomic E-state index is 12.5. The van der Waals surface area contributed by atoms with Gasteiger partial charge < -0.3 is 20.3 Å². The van der Waals surface area contributed by atoms with Crippen LogP contribution in [0.5, 0.6) is 0 Å². The molecule has 1 amide bonds. The number of carbonyl (C=O) groups excluding carboxylic acids is 2. The van der Waals surface area contributed by atoms with Gasteiger partial charge in [0.15, 0.2) is 0 Å². The molecule has 6 heteroatoms. The van der Waals surface area contributed by atoms with Crippen molar-refractivity contribution in [2.45, 2.75) is 424 Å². The quantitative estimate of drug-likeness (QED) is 0.0320. The molecule has 484 valence electrons. The summed E-state index contributed by atoms with van der Waals surface area (Å²) < 4.78 is 5.50. The van der Waals surface area contributed by atoms with E-state index in [0.717, 1.165) is 51.4 Å². The van der Waals surface area contributed by atoms with Gasteiger partial charge in [0.05, 0.1) is 25.4 Å². The van der Waals surface area contributed by atoms with Crippen LogP contribution in [0.15, 0.2) is 36.5 Å². The lowest BCUT2D eigenvalue weighted by atomic mass is 10.0. The fourth-order valence-corrected chi connectivity index (χ4v) is 11.7. The smallest absolute Gasteiger partial charge is 0.305 e. The van der Waals surface area contributed by atoms with Crippen molar-refractivity contribution in [1.29, 1.82) is 0 Å². The van der Waals surface area contributed by atoms with Gasteiger partial charge in [0.25, 0.3) is 0 Å². The molecule has 6 nitrogen and oxygen atoms in total. The van der Waals surface area contributed by atoms with Gasteiger partial charge in [-0.3, -0.25) is 9.59 Å². The van der Waals surface area contributed by atoms with Crippen LogP contribution >= 0.6 is 0 Å². The Balaban J connectivity index is 3.43. The first-order valence-electron chi connectivity index (χ1n) is 37.3. The molecule has 82 heavy (non-hydrogen) atoms. The summed E-state index contributed by atoms with van der Waals surface area (Å²) >= 11 is 0. The summed E-state index contributed by atoms with van der Waals surface area (Å²) in [6, 6.07) is -0.635. The first kappa shape index (κ1) is 80.1. The SMILES string of the molecule is CCCCCCCC/C=C\CCCCCCCCCC(=O)OCCCCCCCCCCCCCC/C=C\CCCCCCCCCC(=O)NC(CO)C(O)/C=C/CCCCCCCCCCCCCCCCCCCCCCCCC. The summed E-state index contributed by atoms with van der Waals surface area (Å²) in [6.45, 7) is 4.93. The molecule has 0 aromatic carbocycles. The molecule has 2 atom stereocenters. The number of hydrogen-bond donors (Lipinski definition) is 3. The maximum Gasteiger partial charge on any atom is 0.305 e. The average Bonchev–Trinajstić information content (AvgIpc) is 3.48. The molecule has 0 saturated heterocycles. The molecule has 0 bridgehead atoms. The second-order valence-corrected chi connectivity index (χ2v) is 25.6. The minimum absolute atomic E-state index is 0.00844. The zero-order valence-electron chi connectivity index (χ0n) is 55.5. The largest absolute Gasteiger partial charge is 0.466 e. The van der Waals surface area contributed by atoms with Gasteiger partial charge in [0.2, 0.25) is 5.91 Å². The van der Waals surface area contributed by atoms with Crippen molar-refractivity contribution in [2.24, 2.45) is 0 Å². The van der Waals surface area contributed by atoms with Crippen molar-refractivity contribution in [3.63, 3.8) is 0 Å². The van der Waals surface area contributed by atoms with E-state index in [2.05, 4.69) is 43.5 Å². The van der Waals surface area contributed by atoms with E-state index in [4.69, 9.17) is 4.74 Å². The first-order valence-corrected chi connectivity index (χ1v) is 37.3. The van der Waals surface area contributed by atoms with E-state index in [9.17, 15) is 19.8 Å². The van der Waals surface area contributed by atoms with Crippen LogP contribution in [0.25, 0.3) is 0 Å². The highest BCUT2D eigenvalue weighted by molar-refractivity contribution is 5.76. The molecule has 2 unspecified atom stereocenters. The number of hydrogen-bond acceptors (Lipinski definition) is 5. The van der Waals surface area contributed by atoms with Gasteiger partial charge in [-0.25, -0.2) is 0 Å². The van der Waals surface area contributed by atoms with E-state index in [1.54, 1.807) is 6.08 Å². The van der Waals surface area contributed by atoms with Crippen LogP contribution in [0.3, 0.4) is 0 Å². The summed E-state index contributed by atoms with van der Waals surface area (Å²) in [5, 5.41) is 23.3. The van der Waals surface area contributed by atoms with E-state index in [0.29, 0.717) is 19.4 Å². The number of carbonyl (C=O) groups is 2. The predicted molar refractivity (Wildman–Crippen MR) is 361 cm³/mol. The van der Waals surface area contributed by atoms with Gasteiger partial charge in [-0.1, -0.05) is 352 Å². The normalized spacial score (nSPS) is 12.7. The summed E-state index contributed by atoms with van der Waals surface area (Å²) in [6.07, 6.45) is 92.3. The van der Waals surface area contributed by atoms with Gasteiger partial charge in [-0.15, -0.1) is 0 Å². The van der Waals surface area contributed by atoms with Crippen LogP contribution in [0.4, 0.5) is 0 Å². The molecule has 0 radical (unpaired) electrons. The number of unbranched alkanes of at least 4 members (excludes halogenated alkanes) is 55. The van der Waals surface area contributed by atoms with Crippen molar-refractivity contribution >= 4 is 11.9 Å². The van der Waals surface area contributed by atoms with Crippen molar-refractivity contribution in [3.05, 3.63) is 36.5 Å². The Morgan fingerprint density at radius 1 is 0.329 bits per heavy atom. The molecule has 0 spiro atoms. The minimum atomic E-state index is -0.851. The highest BCUT2D eigenvalue weighted by atomic mass is 16.5. The van der Waals surface area contributed by atoms with Crippen molar-refractivity contribution < 1.29 is 24.5 Å². The molecular weight excluding hydrogens is 1010 g/mol. The molecule has 3 N–H and O–H groups in total. The third kappa shape index (κ3) is 67.2. The van der Waals surface area contributed by atoms with E-state index >= 15 is 0 Å².